The molecule has 7 heteroatoms. The molecular formula is C32H35N3O4. The zero-order valence-corrected chi connectivity index (χ0v) is 22.3. The van der Waals surface area contributed by atoms with Gasteiger partial charge in [-0.1, -0.05) is 65.8 Å². The molecule has 0 saturated heterocycles. The highest BCUT2D eigenvalue weighted by molar-refractivity contribution is 5.82. The molecule has 2 aromatic carbocycles. The molecule has 0 saturated carbocycles. The minimum absolute atomic E-state index is 0.0876. The van der Waals surface area contributed by atoms with E-state index in [0.29, 0.717) is 6.61 Å². The first-order chi connectivity index (χ1) is 19.2. The Bertz CT molecular complexity index is 1340. The van der Waals surface area contributed by atoms with Crippen LogP contribution in [0.4, 0.5) is 0 Å². The van der Waals surface area contributed by atoms with Crippen LogP contribution in [-0.4, -0.2) is 53.1 Å². The third-order valence-electron chi connectivity index (χ3n) is 6.79. The number of furan rings is 1. The van der Waals surface area contributed by atoms with Gasteiger partial charge in [0.15, 0.2) is 0 Å². The van der Waals surface area contributed by atoms with Crippen molar-refractivity contribution in [2.24, 2.45) is 5.16 Å². The summed E-state index contributed by atoms with van der Waals surface area (Å²) >= 11 is 0. The van der Waals surface area contributed by atoms with Gasteiger partial charge in [-0.2, -0.15) is 0 Å². The van der Waals surface area contributed by atoms with E-state index in [0.717, 1.165) is 55.2 Å². The number of fused-ring (bicyclic) bond motifs is 1. The molecule has 5 rings (SSSR count). The number of oxime groups is 1. The topological polar surface area (TPSA) is 80.3 Å². The minimum Gasteiger partial charge on any atom is -0.467 e. The van der Waals surface area contributed by atoms with Gasteiger partial charge in [0.1, 0.15) is 25.1 Å². The second-order valence-corrected chi connectivity index (χ2v) is 9.87. The molecule has 0 amide bonds. The first-order valence-corrected chi connectivity index (χ1v) is 13.5. The molecule has 4 aromatic rings. The average Bonchev–Trinajstić information content (AvgIpc) is 3.50. The Hall–Kier alpha value is -3.78. The predicted molar refractivity (Wildman–Crippen MR) is 152 cm³/mol. The van der Waals surface area contributed by atoms with E-state index in [-0.39, 0.29) is 13.2 Å². The van der Waals surface area contributed by atoms with Crippen LogP contribution in [0, 0.1) is 0 Å². The zero-order valence-electron chi connectivity index (χ0n) is 22.3. The Morgan fingerprint density at radius 1 is 1.03 bits per heavy atom. The van der Waals surface area contributed by atoms with Crippen molar-refractivity contribution in [2.45, 2.75) is 39.0 Å². The van der Waals surface area contributed by atoms with E-state index in [1.165, 1.54) is 22.4 Å². The number of ether oxygens (including phenoxy) is 1. The van der Waals surface area contributed by atoms with Crippen molar-refractivity contribution in [3.05, 3.63) is 102 Å². The molecule has 0 spiro atoms. The van der Waals surface area contributed by atoms with E-state index >= 15 is 0 Å². The van der Waals surface area contributed by atoms with Gasteiger partial charge >= 0.3 is 0 Å². The monoisotopic (exact) mass is 525 g/mol. The first kappa shape index (κ1) is 26.8. The SMILES string of the molecule is CC(CCN1CCc2nc(-c3ccccc3)c(-c3ccccc3)cc2C1)=NOCC(O)COCc1ccco1. The van der Waals surface area contributed by atoms with Gasteiger partial charge < -0.3 is 19.1 Å². The van der Waals surface area contributed by atoms with Crippen LogP contribution in [0.1, 0.15) is 30.4 Å². The molecule has 0 aliphatic carbocycles. The smallest absolute Gasteiger partial charge is 0.145 e. The van der Waals surface area contributed by atoms with Crippen molar-refractivity contribution >= 4 is 5.71 Å². The van der Waals surface area contributed by atoms with E-state index in [1.807, 2.05) is 25.1 Å². The Morgan fingerprint density at radius 3 is 2.54 bits per heavy atom. The highest BCUT2D eigenvalue weighted by Crippen LogP contribution is 2.34. The lowest BCUT2D eigenvalue weighted by molar-refractivity contribution is -0.0254. The fourth-order valence-electron chi connectivity index (χ4n) is 4.71. The third-order valence-corrected chi connectivity index (χ3v) is 6.79. The molecule has 0 fully saturated rings. The maximum absolute atomic E-state index is 10.1. The van der Waals surface area contributed by atoms with Crippen LogP contribution in [0.25, 0.3) is 22.4 Å². The Balaban J connectivity index is 1.15. The average molecular weight is 526 g/mol. The van der Waals surface area contributed by atoms with Gasteiger partial charge in [-0.25, -0.2) is 0 Å². The molecule has 202 valence electrons. The molecule has 3 heterocycles. The zero-order chi connectivity index (χ0) is 26.9. The van der Waals surface area contributed by atoms with Crippen LogP contribution >= 0.6 is 0 Å². The molecule has 1 aliphatic rings. The van der Waals surface area contributed by atoms with Crippen LogP contribution in [-0.2, 0) is 29.1 Å². The van der Waals surface area contributed by atoms with Gasteiger partial charge in [-0.05, 0) is 36.2 Å². The molecule has 7 nitrogen and oxygen atoms in total. The summed E-state index contributed by atoms with van der Waals surface area (Å²) in [5.74, 6) is 0.723. The molecule has 1 aliphatic heterocycles. The number of hydrogen-bond acceptors (Lipinski definition) is 7. The van der Waals surface area contributed by atoms with Crippen LogP contribution in [0.5, 0.6) is 0 Å². The van der Waals surface area contributed by atoms with E-state index in [1.54, 1.807) is 12.3 Å². The summed E-state index contributed by atoms with van der Waals surface area (Å²) in [6.07, 6.45) is 2.56. The van der Waals surface area contributed by atoms with Crippen molar-refractivity contribution in [3.63, 3.8) is 0 Å². The number of hydrogen-bond donors (Lipinski definition) is 1. The third kappa shape index (κ3) is 7.41. The summed E-state index contributed by atoms with van der Waals surface area (Å²) in [6, 6.07) is 26.9. The van der Waals surface area contributed by atoms with Crippen molar-refractivity contribution in [3.8, 4) is 22.4 Å². The van der Waals surface area contributed by atoms with E-state index < -0.39 is 6.10 Å². The first-order valence-electron chi connectivity index (χ1n) is 13.5. The van der Waals surface area contributed by atoms with Gasteiger partial charge in [0.05, 0.1) is 24.3 Å². The van der Waals surface area contributed by atoms with Crippen molar-refractivity contribution < 1.29 is 19.1 Å². The molecule has 1 atom stereocenters. The summed E-state index contributed by atoms with van der Waals surface area (Å²) in [6.45, 7) is 5.22. The highest BCUT2D eigenvalue weighted by Gasteiger charge is 2.21. The lowest BCUT2D eigenvalue weighted by atomic mass is 9.94. The molecular weight excluding hydrogens is 490 g/mol. The lowest BCUT2D eigenvalue weighted by Crippen LogP contribution is -2.32. The molecule has 39 heavy (non-hydrogen) atoms. The predicted octanol–water partition coefficient (Wildman–Crippen LogP) is 5.73. The maximum Gasteiger partial charge on any atom is 0.145 e. The largest absolute Gasteiger partial charge is 0.467 e. The van der Waals surface area contributed by atoms with Gasteiger partial charge in [-0.3, -0.25) is 9.88 Å². The summed E-state index contributed by atoms with van der Waals surface area (Å²) in [7, 11) is 0. The standard InChI is InChI=1S/C32H35N3O4/c1-24(34-39-22-28(36)21-37-23-29-13-8-18-38-29)14-16-35-17-15-31-27(20-35)19-30(25-9-4-2-5-10-25)32(33-31)26-11-6-3-7-12-26/h2-13,18-19,28,36H,14-17,20-23H2,1H3. The van der Waals surface area contributed by atoms with E-state index in [2.05, 4.69) is 64.7 Å². The Morgan fingerprint density at radius 2 is 1.79 bits per heavy atom. The number of rotatable bonds is 12. The Labute approximate surface area is 229 Å². The summed E-state index contributed by atoms with van der Waals surface area (Å²) in [4.78, 5) is 13.0. The van der Waals surface area contributed by atoms with Crippen LogP contribution in [0.2, 0.25) is 0 Å². The molecule has 1 N–H and O–H groups in total. The fraction of sp³-hybridized carbons (Fsp3) is 0.312. The second-order valence-electron chi connectivity index (χ2n) is 9.87. The van der Waals surface area contributed by atoms with E-state index in [9.17, 15) is 5.11 Å². The molecule has 1 unspecified atom stereocenters. The van der Waals surface area contributed by atoms with Gasteiger partial charge in [0.25, 0.3) is 0 Å². The number of aromatic nitrogens is 1. The molecule has 2 aromatic heterocycles. The van der Waals surface area contributed by atoms with Gasteiger partial charge in [-0.15, -0.1) is 0 Å². The van der Waals surface area contributed by atoms with E-state index in [4.69, 9.17) is 19.0 Å². The number of aliphatic hydroxyl groups excluding tert-OH is 1. The minimum atomic E-state index is -0.748. The van der Waals surface area contributed by atoms with Crippen molar-refractivity contribution in [2.75, 3.05) is 26.3 Å². The number of nitrogens with zero attached hydrogens (tertiary/aromatic N) is 3. The van der Waals surface area contributed by atoms with Gasteiger partial charge in [0.2, 0.25) is 0 Å². The van der Waals surface area contributed by atoms with Crippen LogP contribution < -0.4 is 0 Å². The molecule has 0 bridgehead atoms. The normalized spacial score (nSPS) is 14.7. The van der Waals surface area contributed by atoms with Gasteiger partial charge in [0, 0.05) is 49.3 Å². The quantitative estimate of drug-likeness (QED) is 0.188. The van der Waals surface area contributed by atoms with Crippen LogP contribution in [0.3, 0.4) is 0 Å². The second kappa shape index (κ2) is 13.3. The fourth-order valence-corrected chi connectivity index (χ4v) is 4.71. The van der Waals surface area contributed by atoms with Crippen molar-refractivity contribution in [1.29, 1.82) is 0 Å². The summed E-state index contributed by atoms with van der Waals surface area (Å²) < 4.78 is 10.6. The maximum atomic E-state index is 10.1. The molecule has 0 radical (unpaired) electrons. The van der Waals surface area contributed by atoms with Crippen LogP contribution in [0.15, 0.2) is 94.7 Å². The summed E-state index contributed by atoms with van der Waals surface area (Å²) in [5, 5.41) is 14.2. The lowest BCUT2D eigenvalue weighted by Gasteiger charge is -2.29. The van der Waals surface area contributed by atoms with Crippen molar-refractivity contribution in [1.82, 2.24) is 9.88 Å². The number of aliphatic hydroxyl groups is 1. The Kier molecular flexibility index (Phi) is 9.17. The number of pyridine rings is 1. The summed E-state index contributed by atoms with van der Waals surface area (Å²) in [5.41, 5.74) is 7.89. The number of benzene rings is 2. The highest BCUT2D eigenvalue weighted by atomic mass is 16.6.